The molecule has 0 aliphatic rings. The summed E-state index contributed by atoms with van der Waals surface area (Å²) in [6, 6.07) is 9.62. The van der Waals surface area contributed by atoms with Crippen LogP contribution in [0.1, 0.15) is 33.3 Å². The second-order valence-corrected chi connectivity index (χ2v) is 5.79. The predicted molar refractivity (Wildman–Crippen MR) is 79.4 cm³/mol. The maximum absolute atomic E-state index is 8.82. The lowest BCUT2D eigenvalue weighted by atomic mass is 9.88. The van der Waals surface area contributed by atoms with Crippen LogP contribution < -0.4 is 10.6 Å². The highest BCUT2D eigenvalue weighted by atomic mass is 32.1. The second-order valence-electron chi connectivity index (χ2n) is 5.38. The lowest BCUT2D eigenvalue weighted by Crippen LogP contribution is -2.43. The summed E-state index contributed by atoms with van der Waals surface area (Å²) in [7, 11) is 0. The Morgan fingerprint density at radius 2 is 2.06 bits per heavy atom. The average molecular weight is 261 g/mol. The van der Waals surface area contributed by atoms with Gasteiger partial charge in [-0.25, -0.2) is 0 Å². The number of nitrogens with one attached hydrogen (secondary N) is 2. The normalized spacial score (nSPS) is 12.4. The van der Waals surface area contributed by atoms with Crippen molar-refractivity contribution in [3.63, 3.8) is 0 Å². The van der Waals surface area contributed by atoms with Crippen molar-refractivity contribution >= 4 is 23.0 Å². The highest BCUT2D eigenvalue weighted by molar-refractivity contribution is 7.80. The van der Waals surface area contributed by atoms with Gasteiger partial charge in [-0.3, -0.25) is 0 Å². The molecule has 0 aliphatic carbocycles. The van der Waals surface area contributed by atoms with Crippen molar-refractivity contribution in [2.45, 2.75) is 33.7 Å². The van der Waals surface area contributed by atoms with Gasteiger partial charge in [0.15, 0.2) is 5.11 Å². The monoisotopic (exact) mass is 261 g/mol. The number of anilines is 1. The largest absolute Gasteiger partial charge is 0.359 e. The van der Waals surface area contributed by atoms with E-state index in [2.05, 4.69) is 44.4 Å². The molecule has 0 fully saturated rings. The Morgan fingerprint density at radius 1 is 1.39 bits per heavy atom. The molecule has 1 rings (SSSR count). The summed E-state index contributed by atoms with van der Waals surface area (Å²) in [5, 5.41) is 15.7. The number of rotatable bonds is 2. The summed E-state index contributed by atoms with van der Waals surface area (Å²) in [6.07, 6.45) is 0. The van der Waals surface area contributed by atoms with Gasteiger partial charge in [0.2, 0.25) is 0 Å². The van der Waals surface area contributed by atoms with Gasteiger partial charge in [-0.1, -0.05) is 26.8 Å². The first-order valence-electron chi connectivity index (χ1n) is 5.90. The third kappa shape index (κ3) is 4.34. The van der Waals surface area contributed by atoms with E-state index in [4.69, 9.17) is 17.5 Å². The average Bonchev–Trinajstić information content (AvgIpc) is 2.27. The lowest BCUT2D eigenvalue weighted by Gasteiger charge is -2.29. The third-order valence-electron chi connectivity index (χ3n) is 2.90. The summed E-state index contributed by atoms with van der Waals surface area (Å²) in [6.45, 7) is 8.57. The predicted octanol–water partition coefficient (Wildman–Crippen LogP) is 3.28. The zero-order valence-corrected chi connectivity index (χ0v) is 12.1. The molecule has 3 nitrogen and oxygen atoms in total. The fraction of sp³-hybridized carbons (Fsp3) is 0.429. The van der Waals surface area contributed by atoms with Crippen LogP contribution in [0.15, 0.2) is 24.3 Å². The van der Waals surface area contributed by atoms with Gasteiger partial charge in [0.05, 0.1) is 11.6 Å². The first-order valence-corrected chi connectivity index (χ1v) is 6.31. The number of thiocarbonyl (C=S) groups is 1. The first-order chi connectivity index (χ1) is 8.32. The Labute approximate surface area is 114 Å². The molecule has 1 aromatic rings. The van der Waals surface area contributed by atoms with Crippen molar-refractivity contribution < 1.29 is 0 Å². The number of hydrogen-bond acceptors (Lipinski definition) is 2. The minimum Gasteiger partial charge on any atom is -0.359 e. The van der Waals surface area contributed by atoms with E-state index in [9.17, 15) is 0 Å². The van der Waals surface area contributed by atoms with E-state index < -0.39 is 0 Å². The van der Waals surface area contributed by atoms with Crippen LogP contribution in [-0.2, 0) is 0 Å². The number of benzene rings is 1. The molecule has 0 saturated heterocycles. The Kier molecular flexibility index (Phi) is 4.69. The van der Waals surface area contributed by atoms with Gasteiger partial charge in [-0.05, 0) is 42.8 Å². The van der Waals surface area contributed by atoms with E-state index in [1.165, 1.54) is 0 Å². The summed E-state index contributed by atoms with van der Waals surface area (Å²) in [5.74, 6) is 0. The SMILES string of the molecule is CC(NC(=S)Nc1cccc(C#N)c1)C(C)(C)C. The minimum atomic E-state index is 0.139. The molecule has 0 saturated carbocycles. The maximum Gasteiger partial charge on any atom is 0.171 e. The van der Waals surface area contributed by atoms with E-state index in [-0.39, 0.29) is 11.5 Å². The van der Waals surface area contributed by atoms with Crippen molar-refractivity contribution in [1.29, 1.82) is 5.26 Å². The number of hydrogen-bond donors (Lipinski definition) is 2. The molecule has 1 atom stereocenters. The van der Waals surface area contributed by atoms with Crippen LogP contribution in [0.2, 0.25) is 0 Å². The van der Waals surface area contributed by atoms with E-state index in [0.29, 0.717) is 10.7 Å². The number of nitriles is 1. The highest BCUT2D eigenvalue weighted by Crippen LogP contribution is 2.18. The van der Waals surface area contributed by atoms with Gasteiger partial charge in [-0.2, -0.15) is 5.26 Å². The van der Waals surface area contributed by atoms with Gasteiger partial charge in [0.25, 0.3) is 0 Å². The van der Waals surface area contributed by atoms with Crippen LogP contribution in [0.4, 0.5) is 5.69 Å². The van der Waals surface area contributed by atoms with Crippen molar-refractivity contribution in [1.82, 2.24) is 5.32 Å². The standard InChI is InChI=1S/C14H19N3S/c1-10(14(2,3)4)16-13(18)17-12-7-5-6-11(8-12)9-15/h5-8,10H,1-4H3,(H2,16,17,18). The fourth-order valence-electron chi connectivity index (χ4n) is 1.25. The van der Waals surface area contributed by atoms with Crippen LogP contribution in [0, 0.1) is 16.7 Å². The minimum absolute atomic E-state index is 0.139. The van der Waals surface area contributed by atoms with Gasteiger partial charge < -0.3 is 10.6 Å². The summed E-state index contributed by atoms with van der Waals surface area (Å²) in [4.78, 5) is 0. The van der Waals surface area contributed by atoms with Crippen LogP contribution >= 0.6 is 12.2 Å². The maximum atomic E-state index is 8.82. The Bertz CT molecular complexity index is 469. The van der Waals surface area contributed by atoms with E-state index >= 15 is 0 Å². The van der Waals surface area contributed by atoms with Crippen molar-refractivity contribution in [3.8, 4) is 6.07 Å². The summed E-state index contributed by atoms with van der Waals surface area (Å²) < 4.78 is 0. The first kappa shape index (κ1) is 14.5. The Hall–Kier alpha value is -1.60. The quantitative estimate of drug-likeness (QED) is 0.802. The topological polar surface area (TPSA) is 47.8 Å². The summed E-state index contributed by atoms with van der Waals surface area (Å²) in [5.41, 5.74) is 1.58. The zero-order valence-electron chi connectivity index (χ0n) is 11.2. The highest BCUT2D eigenvalue weighted by Gasteiger charge is 2.20. The van der Waals surface area contributed by atoms with E-state index in [1.807, 2.05) is 12.1 Å². The van der Waals surface area contributed by atoms with Crippen LogP contribution in [0.3, 0.4) is 0 Å². The molecule has 0 amide bonds. The molecule has 0 heterocycles. The van der Waals surface area contributed by atoms with Crippen LogP contribution in [0.5, 0.6) is 0 Å². The molecule has 0 aromatic heterocycles. The molecular weight excluding hydrogens is 242 g/mol. The zero-order chi connectivity index (χ0) is 13.8. The molecule has 18 heavy (non-hydrogen) atoms. The van der Waals surface area contributed by atoms with E-state index in [0.717, 1.165) is 5.69 Å². The molecule has 1 unspecified atom stereocenters. The molecule has 96 valence electrons. The third-order valence-corrected chi connectivity index (χ3v) is 3.12. The molecular formula is C14H19N3S. The Morgan fingerprint density at radius 3 is 2.61 bits per heavy atom. The molecule has 0 aliphatic heterocycles. The molecule has 2 N–H and O–H groups in total. The van der Waals surface area contributed by atoms with Crippen molar-refractivity contribution in [2.75, 3.05) is 5.32 Å². The van der Waals surface area contributed by atoms with Gasteiger partial charge in [-0.15, -0.1) is 0 Å². The molecule has 0 bridgehead atoms. The molecule has 0 radical (unpaired) electrons. The summed E-state index contributed by atoms with van der Waals surface area (Å²) >= 11 is 5.26. The molecule has 1 aromatic carbocycles. The number of nitrogens with zero attached hydrogens (tertiary/aromatic N) is 1. The fourth-order valence-corrected chi connectivity index (χ4v) is 1.54. The van der Waals surface area contributed by atoms with Gasteiger partial charge >= 0.3 is 0 Å². The van der Waals surface area contributed by atoms with Crippen LogP contribution in [-0.4, -0.2) is 11.2 Å². The molecule has 0 spiro atoms. The van der Waals surface area contributed by atoms with Gasteiger partial charge in [0.1, 0.15) is 0 Å². The van der Waals surface area contributed by atoms with E-state index in [1.54, 1.807) is 12.1 Å². The lowest BCUT2D eigenvalue weighted by molar-refractivity contribution is 0.317. The smallest absolute Gasteiger partial charge is 0.171 e. The van der Waals surface area contributed by atoms with Crippen molar-refractivity contribution in [2.24, 2.45) is 5.41 Å². The van der Waals surface area contributed by atoms with Crippen LogP contribution in [0.25, 0.3) is 0 Å². The Balaban J connectivity index is 2.63. The second kappa shape index (κ2) is 5.83. The van der Waals surface area contributed by atoms with Crippen molar-refractivity contribution in [3.05, 3.63) is 29.8 Å². The van der Waals surface area contributed by atoms with Gasteiger partial charge in [0, 0.05) is 11.7 Å². The molecule has 4 heteroatoms.